The minimum atomic E-state index is -0.506. The molecule has 1 aliphatic heterocycles. The molecule has 4 heteroatoms. The highest BCUT2D eigenvalue weighted by Crippen LogP contribution is 2.38. The van der Waals surface area contributed by atoms with E-state index < -0.39 is 5.60 Å². The van der Waals surface area contributed by atoms with E-state index in [1.165, 1.54) is 0 Å². The molecule has 1 amide bonds. The Kier molecular flexibility index (Phi) is 2.97. The topological polar surface area (TPSA) is 49.8 Å². The minimum Gasteiger partial charge on any atom is -0.508 e. The standard InChI is InChI=1S/C14H19NO3/c1-9-10-6-5-7-12(16)11(10)8-15(9)13(17)18-14(2,3)4/h5-7,9,16H,8H2,1-4H3/t9-/m0/s1. The van der Waals surface area contributed by atoms with Crippen LogP contribution in [0.5, 0.6) is 5.75 Å². The van der Waals surface area contributed by atoms with Crippen molar-refractivity contribution in [3.8, 4) is 5.75 Å². The van der Waals surface area contributed by atoms with Crippen LogP contribution in [0.3, 0.4) is 0 Å². The average Bonchev–Trinajstić information content (AvgIpc) is 2.56. The number of phenolic OH excluding ortho intramolecular Hbond substituents is 1. The summed E-state index contributed by atoms with van der Waals surface area (Å²) < 4.78 is 5.37. The molecule has 0 aliphatic carbocycles. The number of amides is 1. The molecule has 0 aromatic heterocycles. The van der Waals surface area contributed by atoms with Crippen LogP contribution >= 0.6 is 0 Å². The van der Waals surface area contributed by atoms with Crippen molar-refractivity contribution in [2.24, 2.45) is 0 Å². The summed E-state index contributed by atoms with van der Waals surface area (Å²) in [5.74, 6) is 0.241. The van der Waals surface area contributed by atoms with E-state index in [1.54, 1.807) is 17.0 Å². The maximum atomic E-state index is 12.1. The van der Waals surface area contributed by atoms with Crippen molar-refractivity contribution in [3.05, 3.63) is 29.3 Å². The van der Waals surface area contributed by atoms with Crippen LogP contribution in [0.2, 0.25) is 0 Å². The van der Waals surface area contributed by atoms with Crippen LogP contribution in [0, 0.1) is 0 Å². The van der Waals surface area contributed by atoms with Crippen molar-refractivity contribution in [2.75, 3.05) is 0 Å². The number of nitrogens with zero attached hydrogens (tertiary/aromatic N) is 1. The van der Waals surface area contributed by atoms with Crippen molar-refractivity contribution in [2.45, 2.75) is 45.9 Å². The molecule has 0 fully saturated rings. The summed E-state index contributed by atoms with van der Waals surface area (Å²) >= 11 is 0. The van der Waals surface area contributed by atoms with Gasteiger partial charge in [-0.25, -0.2) is 4.79 Å². The van der Waals surface area contributed by atoms with E-state index in [9.17, 15) is 9.90 Å². The molecule has 1 aromatic carbocycles. The summed E-state index contributed by atoms with van der Waals surface area (Å²) in [5.41, 5.74) is 1.30. The summed E-state index contributed by atoms with van der Waals surface area (Å²) in [6, 6.07) is 5.30. The molecule has 1 atom stereocenters. The van der Waals surface area contributed by atoms with Gasteiger partial charge in [0.05, 0.1) is 12.6 Å². The molecule has 0 saturated carbocycles. The first-order valence-corrected chi connectivity index (χ1v) is 6.10. The van der Waals surface area contributed by atoms with E-state index in [1.807, 2.05) is 33.8 Å². The van der Waals surface area contributed by atoms with Crippen LogP contribution in [-0.4, -0.2) is 21.7 Å². The zero-order valence-electron chi connectivity index (χ0n) is 11.2. The lowest BCUT2D eigenvalue weighted by Crippen LogP contribution is -2.34. The van der Waals surface area contributed by atoms with Gasteiger partial charge in [-0.2, -0.15) is 0 Å². The van der Waals surface area contributed by atoms with Crippen LogP contribution in [0.15, 0.2) is 18.2 Å². The lowest BCUT2D eigenvalue weighted by Gasteiger charge is -2.27. The molecule has 0 unspecified atom stereocenters. The fourth-order valence-electron chi connectivity index (χ4n) is 2.17. The van der Waals surface area contributed by atoms with E-state index in [0.29, 0.717) is 6.54 Å². The van der Waals surface area contributed by atoms with Gasteiger partial charge in [0, 0.05) is 5.56 Å². The van der Waals surface area contributed by atoms with E-state index in [-0.39, 0.29) is 17.9 Å². The highest BCUT2D eigenvalue weighted by atomic mass is 16.6. The van der Waals surface area contributed by atoms with E-state index in [2.05, 4.69) is 0 Å². The second-order valence-electron chi connectivity index (χ2n) is 5.63. The Morgan fingerprint density at radius 1 is 1.44 bits per heavy atom. The molecule has 1 aromatic rings. The van der Waals surface area contributed by atoms with E-state index in [4.69, 9.17) is 4.74 Å². The molecule has 1 heterocycles. The molecule has 4 nitrogen and oxygen atoms in total. The number of hydrogen-bond donors (Lipinski definition) is 1. The van der Waals surface area contributed by atoms with Crippen molar-refractivity contribution < 1.29 is 14.6 Å². The molecule has 2 rings (SSSR count). The van der Waals surface area contributed by atoms with E-state index in [0.717, 1.165) is 11.1 Å². The number of phenols is 1. The highest BCUT2D eigenvalue weighted by molar-refractivity contribution is 5.70. The first-order chi connectivity index (χ1) is 8.29. The molecule has 1 N–H and O–H groups in total. The highest BCUT2D eigenvalue weighted by Gasteiger charge is 2.34. The second kappa shape index (κ2) is 4.19. The van der Waals surface area contributed by atoms with Crippen molar-refractivity contribution in [1.29, 1.82) is 0 Å². The van der Waals surface area contributed by atoms with Gasteiger partial charge in [-0.3, -0.25) is 4.90 Å². The number of ether oxygens (including phenoxy) is 1. The monoisotopic (exact) mass is 249 g/mol. The third-order valence-electron chi connectivity index (χ3n) is 3.06. The Morgan fingerprint density at radius 3 is 2.67 bits per heavy atom. The predicted octanol–water partition coefficient (Wildman–Crippen LogP) is 3.20. The van der Waals surface area contributed by atoms with Gasteiger partial charge in [-0.05, 0) is 39.3 Å². The minimum absolute atomic E-state index is 0.0676. The second-order valence-corrected chi connectivity index (χ2v) is 5.63. The molecule has 0 radical (unpaired) electrons. The fraction of sp³-hybridized carbons (Fsp3) is 0.500. The number of aromatic hydroxyl groups is 1. The Balaban J connectivity index is 2.21. The van der Waals surface area contributed by atoms with Gasteiger partial charge in [0.25, 0.3) is 0 Å². The van der Waals surface area contributed by atoms with Gasteiger partial charge in [0.15, 0.2) is 0 Å². The van der Waals surface area contributed by atoms with Gasteiger partial charge in [-0.15, -0.1) is 0 Å². The first kappa shape index (κ1) is 12.7. The van der Waals surface area contributed by atoms with Gasteiger partial charge in [0.2, 0.25) is 0 Å². The number of benzene rings is 1. The van der Waals surface area contributed by atoms with E-state index >= 15 is 0 Å². The first-order valence-electron chi connectivity index (χ1n) is 6.10. The average molecular weight is 249 g/mol. The SMILES string of the molecule is C[C@H]1c2cccc(O)c2CN1C(=O)OC(C)(C)C. The summed E-state index contributed by atoms with van der Waals surface area (Å²) in [5, 5.41) is 9.80. The van der Waals surface area contributed by atoms with Gasteiger partial charge in [-0.1, -0.05) is 12.1 Å². The molecule has 1 aliphatic rings. The van der Waals surface area contributed by atoms with Crippen LogP contribution in [-0.2, 0) is 11.3 Å². The van der Waals surface area contributed by atoms with Crippen LogP contribution in [0.25, 0.3) is 0 Å². The molecule has 98 valence electrons. The smallest absolute Gasteiger partial charge is 0.411 e. The molecule has 18 heavy (non-hydrogen) atoms. The molecular weight excluding hydrogens is 230 g/mol. The quantitative estimate of drug-likeness (QED) is 0.768. The normalized spacial score (nSPS) is 18.7. The Labute approximate surface area is 107 Å². The zero-order chi connectivity index (χ0) is 13.5. The third kappa shape index (κ3) is 2.28. The van der Waals surface area contributed by atoms with Gasteiger partial charge < -0.3 is 9.84 Å². The Bertz CT molecular complexity index is 476. The molecule has 0 saturated heterocycles. The largest absolute Gasteiger partial charge is 0.508 e. The lowest BCUT2D eigenvalue weighted by atomic mass is 10.1. The van der Waals surface area contributed by atoms with Crippen LogP contribution in [0.4, 0.5) is 4.79 Å². The van der Waals surface area contributed by atoms with Gasteiger partial charge in [0.1, 0.15) is 11.4 Å². The maximum Gasteiger partial charge on any atom is 0.411 e. The third-order valence-corrected chi connectivity index (χ3v) is 3.06. The van der Waals surface area contributed by atoms with Gasteiger partial charge >= 0.3 is 6.09 Å². The summed E-state index contributed by atoms with van der Waals surface area (Å²) in [6.45, 7) is 7.87. The summed E-state index contributed by atoms with van der Waals surface area (Å²) in [6.07, 6.45) is -0.342. The molecular formula is C14H19NO3. The maximum absolute atomic E-state index is 12.1. The van der Waals surface area contributed by atoms with Crippen LogP contribution < -0.4 is 0 Å². The molecule has 0 bridgehead atoms. The summed E-state index contributed by atoms with van der Waals surface area (Å²) in [7, 11) is 0. The Morgan fingerprint density at radius 2 is 2.11 bits per heavy atom. The zero-order valence-corrected chi connectivity index (χ0v) is 11.2. The van der Waals surface area contributed by atoms with Crippen LogP contribution in [0.1, 0.15) is 44.9 Å². The van der Waals surface area contributed by atoms with Crippen molar-refractivity contribution in [1.82, 2.24) is 4.90 Å². The predicted molar refractivity (Wildman–Crippen MR) is 68.3 cm³/mol. The summed E-state index contributed by atoms with van der Waals surface area (Å²) in [4.78, 5) is 13.7. The lowest BCUT2D eigenvalue weighted by molar-refractivity contribution is 0.0187. The number of carbonyl (C=O) groups excluding carboxylic acids is 1. The Hall–Kier alpha value is -1.71. The van der Waals surface area contributed by atoms with Crippen molar-refractivity contribution >= 4 is 6.09 Å². The number of hydrogen-bond acceptors (Lipinski definition) is 3. The number of fused-ring (bicyclic) bond motifs is 1. The van der Waals surface area contributed by atoms with Crippen molar-refractivity contribution in [3.63, 3.8) is 0 Å². The molecule has 0 spiro atoms. The fourth-order valence-corrected chi connectivity index (χ4v) is 2.17. The number of rotatable bonds is 0. The number of carbonyl (C=O) groups is 1.